The molecule has 2 heteroatoms. The normalized spacial score (nSPS) is 21.0. The molecule has 0 amide bonds. The smallest absolute Gasteiger partial charge is 0.0591 e. The molecule has 0 bridgehead atoms. The van der Waals surface area contributed by atoms with Gasteiger partial charge >= 0.3 is 0 Å². The Bertz CT molecular complexity index is 53.3. The fraction of sp³-hybridized carbons (Fsp3) is 1.00. The minimum atomic E-state index is 0.889. The van der Waals surface area contributed by atoms with Crippen LogP contribution in [0.2, 0.25) is 0 Å². The van der Waals surface area contributed by atoms with Crippen LogP contribution in [0.25, 0.3) is 0 Å². The summed E-state index contributed by atoms with van der Waals surface area (Å²) in [4.78, 5) is 0. The van der Waals surface area contributed by atoms with Crippen LogP contribution in [0.3, 0.4) is 0 Å². The fourth-order valence-electron chi connectivity index (χ4n) is 1.58. The van der Waals surface area contributed by atoms with Gasteiger partial charge in [-0.3, -0.25) is 0 Å². The summed E-state index contributed by atoms with van der Waals surface area (Å²) < 4.78 is 5.01. The topological polar surface area (TPSA) is 21.3 Å². The van der Waals surface area contributed by atoms with Crippen LogP contribution in [0.1, 0.15) is 52.4 Å². The van der Waals surface area contributed by atoms with Crippen molar-refractivity contribution in [1.29, 1.82) is 0 Å². The molecule has 0 aromatic rings. The van der Waals surface area contributed by atoms with E-state index < -0.39 is 0 Å². The van der Waals surface area contributed by atoms with Gasteiger partial charge in [0.2, 0.25) is 0 Å². The molecule has 1 aliphatic heterocycles. The number of hydrogen-bond donors (Lipinski definition) is 1. The second-order valence-corrected chi connectivity index (χ2v) is 3.48. The van der Waals surface area contributed by atoms with E-state index in [1.165, 1.54) is 38.5 Å². The first-order valence-electron chi connectivity index (χ1n) is 6.28. The van der Waals surface area contributed by atoms with E-state index in [1.807, 2.05) is 13.8 Å². The highest BCUT2D eigenvalue weighted by Gasteiger charge is 1.95. The Hall–Kier alpha value is -0.0800. The van der Waals surface area contributed by atoms with Gasteiger partial charge in [-0.05, 0) is 0 Å². The van der Waals surface area contributed by atoms with Crippen molar-refractivity contribution in [3.63, 3.8) is 0 Å². The molecule has 2 rings (SSSR count). The first-order chi connectivity index (χ1) is 7.00. The Balaban J connectivity index is 0.000000206. The molecule has 86 valence electrons. The van der Waals surface area contributed by atoms with Crippen molar-refractivity contribution in [1.82, 2.24) is 5.32 Å². The average molecular weight is 201 g/mol. The van der Waals surface area contributed by atoms with Crippen LogP contribution in [0.4, 0.5) is 0 Å². The van der Waals surface area contributed by atoms with Crippen LogP contribution in [0, 0.1) is 0 Å². The highest BCUT2D eigenvalue weighted by Crippen LogP contribution is 2.15. The summed E-state index contributed by atoms with van der Waals surface area (Å²) in [7, 11) is 0. The maximum atomic E-state index is 5.01. The van der Waals surface area contributed by atoms with Gasteiger partial charge in [-0.2, -0.15) is 0 Å². The van der Waals surface area contributed by atoms with Crippen molar-refractivity contribution in [2.45, 2.75) is 52.4 Å². The van der Waals surface area contributed by atoms with Gasteiger partial charge in [-0.15, -0.1) is 0 Å². The summed E-state index contributed by atoms with van der Waals surface area (Å²) in [5, 5.41) is 3.16. The van der Waals surface area contributed by atoms with Crippen molar-refractivity contribution < 1.29 is 4.74 Å². The maximum Gasteiger partial charge on any atom is 0.0591 e. The zero-order valence-corrected chi connectivity index (χ0v) is 9.98. The second kappa shape index (κ2) is 12.9. The molecule has 0 unspecified atom stereocenters. The molecule has 1 saturated heterocycles. The van der Waals surface area contributed by atoms with Gasteiger partial charge < -0.3 is 10.1 Å². The summed E-state index contributed by atoms with van der Waals surface area (Å²) in [6.45, 7) is 7.83. The number of morpholine rings is 1. The van der Waals surface area contributed by atoms with Gasteiger partial charge in [0.25, 0.3) is 0 Å². The Labute approximate surface area is 89.4 Å². The van der Waals surface area contributed by atoms with Gasteiger partial charge in [0.15, 0.2) is 0 Å². The third-order valence-corrected chi connectivity index (χ3v) is 2.35. The molecule has 0 atom stereocenters. The Kier molecular flexibility index (Phi) is 12.8. The summed E-state index contributed by atoms with van der Waals surface area (Å²) in [5.74, 6) is 0. The van der Waals surface area contributed by atoms with E-state index in [0.29, 0.717) is 0 Å². The molecule has 0 aromatic heterocycles. The summed E-state index contributed by atoms with van der Waals surface area (Å²) >= 11 is 0. The molecule has 0 spiro atoms. The standard InChI is InChI=1S/C6H12.C4H9NO.C2H6/c1-2-4-6-5-3-1;1-3-6-4-2-5-1;1-2/h1-6H2;5H,1-4H2;1-2H3. The molecule has 2 nitrogen and oxygen atoms in total. The summed E-state index contributed by atoms with van der Waals surface area (Å²) in [6.07, 6.45) is 9.00. The molecule has 1 heterocycles. The lowest BCUT2D eigenvalue weighted by atomic mass is 10.0. The molecule has 0 radical (unpaired) electrons. The molecule has 1 saturated carbocycles. The third kappa shape index (κ3) is 10.0. The molecule has 14 heavy (non-hydrogen) atoms. The highest BCUT2D eigenvalue weighted by molar-refractivity contribution is 4.51. The van der Waals surface area contributed by atoms with Crippen LogP contribution in [-0.4, -0.2) is 26.3 Å². The molecule has 2 fully saturated rings. The van der Waals surface area contributed by atoms with Crippen molar-refractivity contribution in [2.24, 2.45) is 0 Å². The molecule has 0 aromatic carbocycles. The van der Waals surface area contributed by atoms with Gasteiger partial charge in [0.1, 0.15) is 0 Å². The van der Waals surface area contributed by atoms with Crippen LogP contribution in [0.5, 0.6) is 0 Å². The zero-order chi connectivity index (χ0) is 10.5. The highest BCUT2D eigenvalue weighted by atomic mass is 16.5. The van der Waals surface area contributed by atoms with E-state index in [2.05, 4.69) is 5.32 Å². The predicted octanol–water partition coefficient (Wildman–Crippen LogP) is 2.97. The van der Waals surface area contributed by atoms with Gasteiger partial charge in [0.05, 0.1) is 13.2 Å². The minimum Gasteiger partial charge on any atom is -0.379 e. The van der Waals surface area contributed by atoms with Crippen molar-refractivity contribution in [3.8, 4) is 0 Å². The summed E-state index contributed by atoms with van der Waals surface area (Å²) in [6, 6.07) is 0. The summed E-state index contributed by atoms with van der Waals surface area (Å²) in [5.41, 5.74) is 0. The van der Waals surface area contributed by atoms with E-state index in [-0.39, 0.29) is 0 Å². The largest absolute Gasteiger partial charge is 0.379 e. The second-order valence-electron chi connectivity index (χ2n) is 3.48. The maximum absolute atomic E-state index is 5.01. The number of nitrogens with one attached hydrogen (secondary N) is 1. The SMILES string of the molecule is C1CCCCC1.C1COCCN1.CC. The Morgan fingerprint density at radius 1 is 0.714 bits per heavy atom. The van der Waals surface area contributed by atoms with Gasteiger partial charge in [-0.1, -0.05) is 52.4 Å². The van der Waals surface area contributed by atoms with Gasteiger partial charge in [0, 0.05) is 13.1 Å². The van der Waals surface area contributed by atoms with E-state index >= 15 is 0 Å². The van der Waals surface area contributed by atoms with E-state index in [0.717, 1.165) is 26.3 Å². The van der Waals surface area contributed by atoms with E-state index in [1.54, 1.807) is 0 Å². The molecule has 1 N–H and O–H groups in total. The first-order valence-corrected chi connectivity index (χ1v) is 6.28. The van der Waals surface area contributed by atoms with E-state index in [9.17, 15) is 0 Å². The van der Waals surface area contributed by atoms with E-state index in [4.69, 9.17) is 4.74 Å². The van der Waals surface area contributed by atoms with Crippen molar-refractivity contribution >= 4 is 0 Å². The quantitative estimate of drug-likeness (QED) is 0.650. The lowest BCUT2D eigenvalue weighted by Crippen LogP contribution is -2.30. The Morgan fingerprint density at radius 2 is 1.07 bits per heavy atom. The molecule has 2 aliphatic rings. The predicted molar refractivity (Wildman–Crippen MR) is 62.7 cm³/mol. The van der Waals surface area contributed by atoms with Crippen LogP contribution < -0.4 is 5.32 Å². The number of hydrogen-bond acceptors (Lipinski definition) is 2. The zero-order valence-electron chi connectivity index (χ0n) is 9.98. The van der Waals surface area contributed by atoms with Crippen LogP contribution in [0.15, 0.2) is 0 Å². The van der Waals surface area contributed by atoms with Crippen molar-refractivity contribution in [3.05, 3.63) is 0 Å². The number of ether oxygens (including phenoxy) is 1. The Morgan fingerprint density at radius 3 is 1.21 bits per heavy atom. The molecule has 1 aliphatic carbocycles. The fourth-order valence-corrected chi connectivity index (χ4v) is 1.58. The molecular formula is C12H27NO. The van der Waals surface area contributed by atoms with Crippen LogP contribution in [-0.2, 0) is 4.74 Å². The molecular weight excluding hydrogens is 174 g/mol. The number of rotatable bonds is 0. The van der Waals surface area contributed by atoms with Gasteiger partial charge in [-0.25, -0.2) is 0 Å². The lowest BCUT2D eigenvalue weighted by molar-refractivity contribution is 0.109. The lowest BCUT2D eigenvalue weighted by Gasteiger charge is -2.10. The average Bonchev–Trinajstić information content (AvgIpc) is 2.37. The minimum absolute atomic E-state index is 0.889. The monoisotopic (exact) mass is 201 g/mol. The first kappa shape index (κ1) is 13.9. The third-order valence-electron chi connectivity index (χ3n) is 2.35. The van der Waals surface area contributed by atoms with Crippen LogP contribution >= 0.6 is 0 Å². The van der Waals surface area contributed by atoms with Crippen molar-refractivity contribution in [2.75, 3.05) is 26.3 Å².